The van der Waals surface area contributed by atoms with E-state index in [1.54, 1.807) is 0 Å². The first-order valence-electron chi connectivity index (χ1n) is 2.02. The zero-order valence-electron chi connectivity index (χ0n) is 6.00. The van der Waals surface area contributed by atoms with Gasteiger partial charge in [-0.2, -0.15) is 0 Å². The van der Waals surface area contributed by atoms with Crippen molar-refractivity contribution in [2.75, 3.05) is 0 Å². The molecule has 0 aliphatic rings. The molecule has 0 amide bonds. The first-order chi connectivity index (χ1) is 5.20. The largest absolute Gasteiger partial charge is 2.00 e. The van der Waals surface area contributed by atoms with Gasteiger partial charge in [0.15, 0.2) is 0 Å². The van der Waals surface area contributed by atoms with E-state index >= 15 is 0 Å². The Morgan fingerprint density at radius 1 is 1.08 bits per heavy atom. The van der Waals surface area contributed by atoms with Crippen molar-refractivity contribution < 1.29 is 37.1 Å². The molecule has 0 bridgehead atoms. The molecule has 0 heterocycles. The van der Waals surface area contributed by atoms with Crippen LogP contribution in [0.1, 0.15) is 6.92 Å². The molecule has 0 aliphatic carbocycles. The van der Waals surface area contributed by atoms with Crippen LogP contribution in [-0.4, -0.2) is 21.2 Å². The van der Waals surface area contributed by atoms with Gasteiger partial charge in [-0.05, 0) is 0 Å². The maximum Gasteiger partial charge on any atom is 2.00 e. The average Bonchev–Trinajstić information content (AvgIpc) is 1.54. The van der Waals surface area contributed by atoms with Gasteiger partial charge in [-0.15, -0.1) is 0 Å². The Labute approximate surface area is 81.5 Å². The Balaban J connectivity index is -0.0000000450. The van der Waals surface area contributed by atoms with Gasteiger partial charge in [-0.3, -0.25) is 4.79 Å². The van der Waals surface area contributed by atoms with Crippen LogP contribution in [0.5, 0.6) is 0 Å². The van der Waals surface area contributed by atoms with E-state index < -0.39 is 16.1 Å². The monoisotopic (exact) mass is 247 g/mol. The second-order valence-corrected chi connectivity index (χ2v) is 0.966. The summed E-state index contributed by atoms with van der Waals surface area (Å²) < 4.78 is 0. The van der Waals surface area contributed by atoms with Gasteiger partial charge >= 0.3 is 17.1 Å². The minimum atomic E-state index is -1.75. The van der Waals surface area contributed by atoms with Crippen molar-refractivity contribution in [1.29, 1.82) is 0 Å². The molecule has 0 spiro atoms. The third-order valence-corrected chi connectivity index (χ3v) is 0. The first kappa shape index (κ1) is 22.5. The molecule has 0 aromatic rings. The topological polar surface area (TPSA) is 170 Å². The van der Waals surface area contributed by atoms with E-state index in [1.807, 2.05) is 0 Å². The van der Waals surface area contributed by atoms with Crippen LogP contribution in [0.3, 0.4) is 0 Å². The van der Waals surface area contributed by atoms with Crippen molar-refractivity contribution in [3.05, 3.63) is 30.6 Å². The number of rotatable bonds is 0. The van der Waals surface area contributed by atoms with E-state index in [2.05, 4.69) is 0 Å². The number of nitrogens with zero attached hydrogens (tertiary/aromatic N) is 2. The summed E-state index contributed by atoms with van der Waals surface area (Å²) in [4.78, 5) is 25.5. The summed E-state index contributed by atoms with van der Waals surface area (Å²) >= 11 is 0. The maximum absolute atomic E-state index is 9.00. The van der Waals surface area contributed by atoms with E-state index in [0.29, 0.717) is 0 Å². The van der Waals surface area contributed by atoms with Gasteiger partial charge in [0, 0.05) is 6.92 Å². The standard InChI is InChI=1S/C2H4O2.Cu.2NO3/c1-2(3)4;;2*2-1(3)4/h1H3,(H,3,4);;;/q;+2;2*-1. The SMILES string of the molecule is CC(=O)O.O=[N+]([O-])[O-].O=[N+]([O-])[O-].[Cu+2]. The van der Waals surface area contributed by atoms with Gasteiger partial charge in [0.1, 0.15) is 0 Å². The van der Waals surface area contributed by atoms with Crippen molar-refractivity contribution in [3.63, 3.8) is 0 Å². The minimum absolute atomic E-state index is 0. The van der Waals surface area contributed by atoms with E-state index in [4.69, 9.17) is 40.5 Å². The van der Waals surface area contributed by atoms with Crippen LogP contribution >= 0.6 is 0 Å². The van der Waals surface area contributed by atoms with Gasteiger partial charge in [0.2, 0.25) is 0 Å². The van der Waals surface area contributed by atoms with Crippen LogP contribution in [0.2, 0.25) is 0 Å². The summed E-state index contributed by atoms with van der Waals surface area (Å²) in [6, 6.07) is 0. The van der Waals surface area contributed by atoms with Crippen molar-refractivity contribution >= 4 is 5.97 Å². The Morgan fingerprint density at radius 2 is 1.08 bits per heavy atom. The molecule has 0 unspecified atom stereocenters. The molecule has 0 saturated carbocycles. The molecule has 0 fully saturated rings. The number of carboxylic acids is 1. The molecule has 1 N–H and O–H groups in total. The molecule has 0 aromatic heterocycles. The van der Waals surface area contributed by atoms with Gasteiger partial charge in [-0.1, -0.05) is 0 Å². The molecular weight excluding hydrogens is 244 g/mol. The maximum atomic E-state index is 9.00. The predicted molar refractivity (Wildman–Crippen MR) is 34.0 cm³/mol. The summed E-state index contributed by atoms with van der Waals surface area (Å²) in [6.07, 6.45) is 0. The third kappa shape index (κ3) is 282. The third-order valence-electron chi connectivity index (χ3n) is 0. The van der Waals surface area contributed by atoms with Crippen molar-refractivity contribution in [1.82, 2.24) is 0 Å². The van der Waals surface area contributed by atoms with Gasteiger partial charge in [-0.25, -0.2) is 0 Å². The fraction of sp³-hybridized carbons (Fsp3) is 0.500. The van der Waals surface area contributed by atoms with E-state index in [0.717, 1.165) is 6.92 Å². The molecule has 0 saturated heterocycles. The smallest absolute Gasteiger partial charge is 0.481 e. The summed E-state index contributed by atoms with van der Waals surface area (Å²) in [7, 11) is 0. The zero-order valence-corrected chi connectivity index (χ0v) is 6.94. The predicted octanol–water partition coefficient (Wildman–Crippen LogP) is -0.390. The minimum Gasteiger partial charge on any atom is -0.481 e. The van der Waals surface area contributed by atoms with Gasteiger partial charge < -0.3 is 35.7 Å². The van der Waals surface area contributed by atoms with E-state index in [-0.39, 0.29) is 17.1 Å². The van der Waals surface area contributed by atoms with Crippen molar-refractivity contribution in [3.8, 4) is 0 Å². The first-order valence-corrected chi connectivity index (χ1v) is 2.02. The fourth-order valence-corrected chi connectivity index (χ4v) is 0. The second kappa shape index (κ2) is 16.8. The number of carboxylic acid groups (broad SMARTS) is 1. The van der Waals surface area contributed by atoms with Crippen molar-refractivity contribution in [2.45, 2.75) is 6.92 Å². The number of aliphatic carboxylic acids is 1. The van der Waals surface area contributed by atoms with Crippen LogP contribution < -0.4 is 0 Å². The Kier molecular flexibility index (Phi) is 29.1. The quantitative estimate of drug-likeness (QED) is 0.342. The number of hydrogen-bond donors (Lipinski definition) is 1. The Hall–Kier alpha value is -1.61. The zero-order chi connectivity index (χ0) is 10.7. The van der Waals surface area contributed by atoms with Crippen LogP contribution in [0.25, 0.3) is 0 Å². The van der Waals surface area contributed by atoms with Crippen LogP contribution in [-0.2, 0) is 21.9 Å². The Bertz CT molecular complexity index is 118. The number of carbonyl (C=O) groups is 1. The Morgan fingerprint density at radius 3 is 1.08 bits per heavy atom. The van der Waals surface area contributed by atoms with E-state index in [9.17, 15) is 0 Å². The molecule has 11 heteroatoms. The average molecular weight is 248 g/mol. The van der Waals surface area contributed by atoms with Crippen LogP contribution in [0.15, 0.2) is 0 Å². The molecular formula is C2H4CuN2O8. The molecule has 1 radical (unpaired) electrons. The van der Waals surface area contributed by atoms with Crippen LogP contribution in [0, 0.1) is 30.6 Å². The molecule has 0 aromatic carbocycles. The molecule has 13 heavy (non-hydrogen) atoms. The fourth-order valence-electron chi connectivity index (χ4n) is 0. The molecule has 81 valence electrons. The molecule has 10 nitrogen and oxygen atoms in total. The normalized spacial score (nSPS) is 5.62. The van der Waals surface area contributed by atoms with Gasteiger partial charge in [0.25, 0.3) is 5.97 Å². The van der Waals surface area contributed by atoms with Crippen LogP contribution in [0.4, 0.5) is 0 Å². The number of hydrogen-bond acceptors (Lipinski definition) is 7. The van der Waals surface area contributed by atoms with E-state index in [1.165, 1.54) is 0 Å². The van der Waals surface area contributed by atoms with Crippen molar-refractivity contribution in [2.24, 2.45) is 0 Å². The summed E-state index contributed by atoms with van der Waals surface area (Å²) in [6.45, 7) is 1.08. The van der Waals surface area contributed by atoms with Gasteiger partial charge in [0.05, 0.1) is 10.2 Å². The molecule has 0 aliphatic heterocycles. The summed E-state index contributed by atoms with van der Waals surface area (Å²) in [5, 5.41) is 36.9. The second-order valence-electron chi connectivity index (χ2n) is 0.966. The summed E-state index contributed by atoms with van der Waals surface area (Å²) in [5.74, 6) is -0.833. The molecule has 0 atom stereocenters. The molecule has 0 rings (SSSR count). The summed E-state index contributed by atoms with van der Waals surface area (Å²) in [5.41, 5.74) is 0.